The monoisotopic (exact) mass is 483 g/mol. The van der Waals surface area contributed by atoms with Gasteiger partial charge in [-0.3, -0.25) is 9.69 Å². The van der Waals surface area contributed by atoms with Gasteiger partial charge in [-0.15, -0.1) is 0 Å². The minimum atomic E-state index is -0.0474. The molecular formula is C27H37N3O3S. The number of unbranched alkanes of at least 4 members (excludes halogenated alkanes) is 2. The zero-order chi connectivity index (χ0) is 24.3. The van der Waals surface area contributed by atoms with Crippen molar-refractivity contribution in [2.45, 2.75) is 47.0 Å². The van der Waals surface area contributed by atoms with Crippen molar-refractivity contribution in [1.29, 1.82) is 0 Å². The molecular weight excluding hydrogens is 446 g/mol. The van der Waals surface area contributed by atoms with Crippen molar-refractivity contribution in [3.63, 3.8) is 0 Å². The average Bonchev–Trinajstić information content (AvgIpc) is 3.28. The molecule has 3 aromatic rings. The maximum Gasteiger partial charge on any atom is 0.260 e. The smallest absolute Gasteiger partial charge is 0.260 e. The van der Waals surface area contributed by atoms with Gasteiger partial charge in [-0.05, 0) is 68.9 Å². The highest BCUT2D eigenvalue weighted by Gasteiger charge is 2.22. The summed E-state index contributed by atoms with van der Waals surface area (Å²) in [7, 11) is 0. The van der Waals surface area contributed by atoms with E-state index in [-0.39, 0.29) is 5.91 Å². The molecule has 0 unspecified atom stereocenters. The lowest BCUT2D eigenvalue weighted by Gasteiger charge is -2.24. The first-order valence-corrected chi connectivity index (χ1v) is 13.2. The molecule has 0 spiro atoms. The fraction of sp³-hybridized carbons (Fsp3) is 0.481. The Hall–Kier alpha value is -2.64. The van der Waals surface area contributed by atoms with Gasteiger partial charge >= 0.3 is 0 Å². The second-order valence-electron chi connectivity index (χ2n) is 8.12. The van der Waals surface area contributed by atoms with Gasteiger partial charge in [0, 0.05) is 18.7 Å². The zero-order valence-corrected chi connectivity index (χ0v) is 21.7. The third-order valence-electron chi connectivity index (χ3n) is 5.79. The van der Waals surface area contributed by atoms with E-state index in [0.29, 0.717) is 30.5 Å². The molecule has 1 heterocycles. The number of hydrogen-bond acceptors (Lipinski definition) is 6. The van der Waals surface area contributed by atoms with E-state index in [1.807, 2.05) is 49.4 Å². The Morgan fingerprint density at radius 1 is 0.912 bits per heavy atom. The predicted molar refractivity (Wildman–Crippen MR) is 142 cm³/mol. The van der Waals surface area contributed by atoms with Crippen molar-refractivity contribution >= 4 is 32.6 Å². The van der Waals surface area contributed by atoms with Crippen LogP contribution in [0.2, 0.25) is 0 Å². The summed E-state index contributed by atoms with van der Waals surface area (Å²) >= 11 is 1.52. The summed E-state index contributed by atoms with van der Waals surface area (Å²) < 4.78 is 12.5. The Morgan fingerprint density at radius 3 is 2.32 bits per heavy atom. The number of fused-ring (bicyclic) bond motifs is 1. The van der Waals surface area contributed by atoms with Gasteiger partial charge in [0.05, 0.1) is 23.4 Å². The van der Waals surface area contributed by atoms with E-state index in [1.54, 1.807) is 4.90 Å². The molecule has 34 heavy (non-hydrogen) atoms. The van der Waals surface area contributed by atoms with Crippen molar-refractivity contribution in [3.8, 4) is 11.5 Å². The van der Waals surface area contributed by atoms with E-state index < -0.39 is 0 Å². The van der Waals surface area contributed by atoms with Crippen molar-refractivity contribution in [1.82, 2.24) is 9.88 Å². The van der Waals surface area contributed by atoms with Crippen LogP contribution in [0.15, 0.2) is 42.5 Å². The lowest BCUT2D eigenvalue weighted by Crippen LogP contribution is -2.38. The fourth-order valence-electron chi connectivity index (χ4n) is 3.72. The van der Waals surface area contributed by atoms with Crippen LogP contribution in [0.5, 0.6) is 11.5 Å². The normalized spacial score (nSPS) is 11.2. The number of benzene rings is 2. The summed E-state index contributed by atoms with van der Waals surface area (Å²) in [6, 6.07) is 13.3. The van der Waals surface area contributed by atoms with Crippen molar-refractivity contribution in [2.24, 2.45) is 0 Å². The SMILES string of the molecule is CCCCCOc1ccc(C(=O)N(CCN(CC)CC)c2nc3ccc(OCC)cc3s2)cc1. The van der Waals surface area contributed by atoms with Gasteiger partial charge in [-0.25, -0.2) is 4.98 Å². The topological polar surface area (TPSA) is 54.9 Å². The number of aromatic nitrogens is 1. The highest BCUT2D eigenvalue weighted by molar-refractivity contribution is 7.22. The molecule has 0 fully saturated rings. The van der Waals surface area contributed by atoms with E-state index in [4.69, 9.17) is 14.5 Å². The Morgan fingerprint density at radius 2 is 1.65 bits per heavy atom. The Kier molecular flexibility index (Phi) is 10.2. The summed E-state index contributed by atoms with van der Waals surface area (Å²) in [5.41, 5.74) is 1.51. The second-order valence-corrected chi connectivity index (χ2v) is 9.13. The summed E-state index contributed by atoms with van der Waals surface area (Å²) in [6.45, 7) is 13.0. The minimum Gasteiger partial charge on any atom is -0.494 e. The molecule has 0 aliphatic rings. The van der Waals surface area contributed by atoms with E-state index in [9.17, 15) is 4.79 Å². The number of amides is 1. The number of anilines is 1. The molecule has 0 saturated heterocycles. The summed E-state index contributed by atoms with van der Waals surface area (Å²) in [4.78, 5) is 22.5. The maximum atomic E-state index is 13.6. The number of hydrogen-bond donors (Lipinski definition) is 0. The first-order chi connectivity index (χ1) is 16.6. The number of thiazole rings is 1. The van der Waals surface area contributed by atoms with Crippen LogP contribution in [0.25, 0.3) is 10.2 Å². The molecule has 0 atom stereocenters. The largest absolute Gasteiger partial charge is 0.494 e. The molecule has 0 saturated carbocycles. The molecule has 7 heteroatoms. The Bertz CT molecular complexity index is 1030. The van der Waals surface area contributed by atoms with E-state index in [1.165, 1.54) is 17.8 Å². The lowest BCUT2D eigenvalue weighted by atomic mass is 10.2. The van der Waals surface area contributed by atoms with Crippen LogP contribution in [-0.2, 0) is 0 Å². The van der Waals surface area contributed by atoms with E-state index >= 15 is 0 Å². The summed E-state index contributed by atoms with van der Waals surface area (Å²) in [5.74, 6) is 1.57. The second kappa shape index (κ2) is 13.3. The highest BCUT2D eigenvalue weighted by Crippen LogP contribution is 2.32. The molecule has 0 aliphatic carbocycles. The van der Waals surface area contributed by atoms with E-state index in [0.717, 1.165) is 54.2 Å². The number of carbonyl (C=O) groups excluding carboxylic acids is 1. The van der Waals surface area contributed by atoms with Crippen LogP contribution in [0.1, 0.15) is 57.3 Å². The average molecular weight is 484 g/mol. The lowest BCUT2D eigenvalue weighted by molar-refractivity contribution is 0.0983. The highest BCUT2D eigenvalue weighted by atomic mass is 32.1. The first-order valence-electron chi connectivity index (χ1n) is 12.4. The number of rotatable bonds is 14. The van der Waals surface area contributed by atoms with Crippen molar-refractivity contribution < 1.29 is 14.3 Å². The van der Waals surface area contributed by atoms with Gasteiger partial charge in [-0.2, -0.15) is 0 Å². The summed E-state index contributed by atoms with van der Waals surface area (Å²) in [5, 5.41) is 0.709. The Balaban J connectivity index is 1.82. The molecule has 0 bridgehead atoms. The molecule has 0 radical (unpaired) electrons. The predicted octanol–water partition coefficient (Wildman–Crippen LogP) is 6.25. The van der Waals surface area contributed by atoms with Crippen LogP contribution in [0, 0.1) is 0 Å². The number of carbonyl (C=O) groups is 1. The van der Waals surface area contributed by atoms with Gasteiger partial charge < -0.3 is 14.4 Å². The zero-order valence-electron chi connectivity index (χ0n) is 20.9. The van der Waals surface area contributed by atoms with Gasteiger partial charge in [0.25, 0.3) is 5.91 Å². The third kappa shape index (κ3) is 6.93. The third-order valence-corrected chi connectivity index (χ3v) is 6.83. The Labute approximate surface area is 207 Å². The standard InChI is InChI=1S/C27H37N3O3S/c1-5-9-10-19-33-22-13-11-21(12-14-22)26(31)30(18-17-29(6-2)7-3)27-28-24-16-15-23(32-8-4)20-25(24)34-27/h11-16,20H,5-10,17-19H2,1-4H3. The van der Waals surface area contributed by atoms with Crippen molar-refractivity contribution in [2.75, 3.05) is 44.3 Å². The van der Waals surface area contributed by atoms with Crippen LogP contribution in [0.3, 0.4) is 0 Å². The van der Waals surface area contributed by atoms with E-state index in [2.05, 4.69) is 25.7 Å². The minimum absolute atomic E-state index is 0.0474. The van der Waals surface area contributed by atoms with Gasteiger partial charge in [0.2, 0.25) is 0 Å². The molecule has 1 amide bonds. The quantitative estimate of drug-likeness (QED) is 0.254. The molecule has 2 aromatic carbocycles. The molecule has 0 aliphatic heterocycles. The molecule has 6 nitrogen and oxygen atoms in total. The van der Waals surface area contributed by atoms with Crippen molar-refractivity contribution in [3.05, 3.63) is 48.0 Å². The van der Waals surface area contributed by atoms with Crippen LogP contribution in [-0.4, -0.2) is 55.2 Å². The number of likely N-dealkylation sites (N-methyl/N-ethyl adjacent to an activating group) is 1. The first kappa shape index (κ1) is 26.0. The van der Waals surface area contributed by atoms with Gasteiger partial charge in [0.15, 0.2) is 5.13 Å². The molecule has 1 aromatic heterocycles. The van der Waals surface area contributed by atoms with Crippen LogP contribution >= 0.6 is 11.3 Å². The van der Waals surface area contributed by atoms with Crippen LogP contribution < -0.4 is 14.4 Å². The van der Waals surface area contributed by atoms with Gasteiger partial charge in [-0.1, -0.05) is 44.9 Å². The molecule has 0 N–H and O–H groups in total. The van der Waals surface area contributed by atoms with Gasteiger partial charge in [0.1, 0.15) is 11.5 Å². The molecule has 3 rings (SSSR count). The van der Waals surface area contributed by atoms with Crippen LogP contribution in [0.4, 0.5) is 5.13 Å². The molecule has 184 valence electrons. The summed E-state index contributed by atoms with van der Waals surface area (Å²) in [6.07, 6.45) is 3.37. The fourth-order valence-corrected chi connectivity index (χ4v) is 4.74. The number of ether oxygens (including phenoxy) is 2. The maximum absolute atomic E-state index is 13.6. The number of nitrogens with zero attached hydrogens (tertiary/aromatic N) is 3.